The van der Waals surface area contributed by atoms with Crippen molar-refractivity contribution < 1.29 is 48.2 Å². The van der Waals surface area contributed by atoms with Crippen LogP contribution in [0.25, 0.3) is 0 Å². The van der Waals surface area contributed by atoms with E-state index >= 15 is 0 Å². The first kappa shape index (κ1) is 26.1. The monoisotopic (exact) mass is 432 g/mol. The average Bonchev–Trinajstić information content (AvgIpc) is 2.76. The number of carbonyl (C=O) groups excluding carboxylic acids is 1. The van der Waals surface area contributed by atoms with E-state index in [4.69, 9.17) is 43.4 Å². The molecule has 30 heavy (non-hydrogen) atoms. The minimum Gasteiger partial charge on any atom is -0.491 e. The zero-order valence-corrected chi connectivity index (χ0v) is 17.4. The van der Waals surface area contributed by atoms with Crippen molar-refractivity contribution in [2.75, 3.05) is 86.4 Å². The molecule has 10 heteroatoms. The number of methoxy groups -OCH3 is 1. The first-order valence-electron chi connectivity index (χ1n) is 9.73. The van der Waals surface area contributed by atoms with Crippen molar-refractivity contribution in [1.29, 1.82) is 0 Å². The van der Waals surface area contributed by atoms with Crippen LogP contribution in [0.5, 0.6) is 11.5 Å². The Bertz CT molecular complexity index is 528. The van der Waals surface area contributed by atoms with Crippen LogP contribution >= 0.6 is 0 Å². The minimum atomic E-state index is -0.500. The number of aliphatic hydroxyl groups excluding tert-OH is 2. The highest BCUT2D eigenvalue weighted by molar-refractivity contribution is 5.90. The van der Waals surface area contributed by atoms with Gasteiger partial charge >= 0.3 is 5.97 Å². The molecule has 0 amide bonds. The first-order chi connectivity index (χ1) is 14.7. The highest BCUT2D eigenvalue weighted by Crippen LogP contribution is 2.23. The van der Waals surface area contributed by atoms with E-state index in [0.29, 0.717) is 56.7 Å². The Hall–Kier alpha value is -1.95. The predicted molar refractivity (Wildman–Crippen MR) is 106 cm³/mol. The maximum Gasteiger partial charge on any atom is 0.338 e. The molecule has 1 aromatic rings. The number of carbonyl (C=O) groups is 1. The van der Waals surface area contributed by atoms with Gasteiger partial charge in [0.05, 0.1) is 78.7 Å². The van der Waals surface area contributed by atoms with Crippen molar-refractivity contribution >= 4 is 5.97 Å². The van der Waals surface area contributed by atoms with Gasteiger partial charge in [-0.2, -0.15) is 0 Å². The molecule has 0 radical (unpaired) electrons. The lowest BCUT2D eigenvalue weighted by Gasteiger charge is -2.12. The molecule has 2 N–H and O–H groups in total. The van der Waals surface area contributed by atoms with Crippen LogP contribution < -0.4 is 9.47 Å². The molecular weight excluding hydrogens is 400 g/mol. The summed E-state index contributed by atoms with van der Waals surface area (Å²) in [6, 6.07) is 4.80. The predicted octanol–water partition coefficient (Wildman–Crippen LogP) is 0.282. The zero-order valence-electron chi connectivity index (χ0n) is 17.4. The number of hydrogen-bond donors (Lipinski definition) is 2. The molecule has 0 fully saturated rings. The number of hydrogen-bond acceptors (Lipinski definition) is 10. The van der Waals surface area contributed by atoms with E-state index in [1.807, 2.05) is 0 Å². The van der Waals surface area contributed by atoms with E-state index in [0.717, 1.165) is 0 Å². The van der Waals surface area contributed by atoms with Crippen molar-refractivity contribution in [3.05, 3.63) is 23.8 Å². The van der Waals surface area contributed by atoms with Crippen molar-refractivity contribution in [3.63, 3.8) is 0 Å². The van der Waals surface area contributed by atoms with E-state index < -0.39 is 5.97 Å². The van der Waals surface area contributed by atoms with E-state index in [2.05, 4.69) is 0 Å². The van der Waals surface area contributed by atoms with Crippen molar-refractivity contribution in [3.8, 4) is 11.5 Å². The van der Waals surface area contributed by atoms with Crippen molar-refractivity contribution in [2.24, 2.45) is 0 Å². The maximum absolute atomic E-state index is 11.9. The summed E-state index contributed by atoms with van der Waals surface area (Å²) in [5.74, 6) is 0.401. The van der Waals surface area contributed by atoms with Gasteiger partial charge in [-0.05, 0) is 12.1 Å². The van der Waals surface area contributed by atoms with Gasteiger partial charge in [0.2, 0.25) is 0 Å². The molecule has 0 unspecified atom stereocenters. The van der Waals surface area contributed by atoms with Crippen LogP contribution in [0.4, 0.5) is 0 Å². The molecule has 0 aliphatic heterocycles. The zero-order chi connectivity index (χ0) is 21.9. The van der Waals surface area contributed by atoms with Crippen LogP contribution in [0.3, 0.4) is 0 Å². The van der Waals surface area contributed by atoms with Gasteiger partial charge in [0, 0.05) is 6.07 Å². The second-order valence-corrected chi connectivity index (χ2v) is 5.78. The molecule has 0 atom stereocenters. The molecule has 0 aliphatic rings. The van der Waals surface area contributed by atoms with Gasteiger partial charge in [0.25, 0.3) is 0 Å². The summed E-state index contributed by atoms with van der Waals surface area (Å²) in [5.41, 5.74) is 0.307. The fraction of sp³-hybridized carbons (Fsp3) is 0.650. The molecule has 0 bridgehead atoms. The quantitative estimate of drug-likeness (QED) is 0.233. The molecule has 0 aromatic heterocycles. The molecule has 0 spiro atoms. The van der Waals surface area contributed by atoms with Gasteiger partial charge in [-0.15, -0.1) is 0 Å². The highest BCUT2D eigenvalue weighted by atomic mass is 16.6. The van der Waals surface area contributed by atoms with E-state index in [9.17, 15) is 4.79 Å². The number of ether oxygens (including phenoxy) is 7. The van der Waals surface area contributed by atoms with Gasteiger partial charge in [-0.1, -0.05) is 0 Å². The van der Waals surface area contributed by atoms with E-state index in [1.54, 1.807) is 18.2 Å². The van der Waals surface area contributed by atoms with Crippen LogP contribution in [0, 0.1) is 0 Å². The molecule has 0 saturated carbocycles. The number of esters is 1. The maximum atomic E-state index is 11.9. The summed E-state index contributed by atoms with van der Waals surface area (Å²) in [7, 11) is 1.30. The van der Waals surface area contributed by atoms with Gasteiger partial charge in [0.1, 0.15) is 24.7 Å². The summed E-state index contributed by atoms with van der Waals surface area (Å²) in [5, 5.41) is 17.2. The number of rotatable bonds is 19. The fourth-order valence-corrected chi connectivity index (χ4v) is 2.18. The molecule has 0 aliphatic carbocycles. The largest absolute Gasteiger partial charge is 0.491 e. The summed E-state index contributed by atoms with van der Waals surface area (Å²) >= 11 is 0. The van der Waals surface area contributed by atoms with Gasteiger partial charge < -0.3 is 43.4 Å². The van der Waals surface area contributed by atoms with Crippen LogP contribution in [-0.4, -0.2) is 103 Å². The third-order valence-corrected chi connectivity index (χ3v) is 3.51. The topological polar surface area (TPSA) is 122 Å². The first-order valence-corrected chi connectivity index (χ1v) is 9.73. The molecule has 0 saturated heterocycles. The molecule has 1 rings (SSSR count). The average molecular weight is 432 g/mol. The minimum absolute atomic E-state index is 0.0186. The summed E-state index contributed by atoms with van der Waals surface area (Å²) in [4.78, 5) is 11.9. The lowest BCUT2D eigenvalue weighted by molar-refractivity contribution is 0.0240. The Labute approximate surface area is 176 Å². The van der Waals surface area contributed by atoms with Crippen LogP contribution in [0.15, 0.2) is 18.2 Å². The Balaban J connectivity index is 2.39. The Kier molecular flexibility index (Phi) is 15.5. The van der Waals surface area contributed by atoms with Crippen molar-refractivity contribution in [2.45, 2.75) is 0 Å². The van der Waals surface area contributed by atoms with Crippen LogP contribution in [0.2, 0.25) is 0 Å². The second kappa shape index (κ2) is 17.9. The number of benzene rings is 1. The van der Waals surface area contributed by atoms with E-state index in [1.165, 1.54) is 7.11 Å². The summed E-state index contributed by atoms with van der Waals surface area (Å²) < 4.78 is 36.9. The highest BCUT2D eigenvalue weighted by Gasteiger charge is 2.11. The molecule has 172 valence electrons. The molecular formula is C20H32O10. The third kappa shape index (κ3) is 12.6. The summed E-state index contributed by atoms with van der Waals surface area (Å²) in [6.07, 6.45) is 0. The van der Waals surface area contributed by atoms with Crippen molar-refractivity contribution in [1.82, 2.24) is 0 Å². The standard InChI is InChI=1S/C20H32O10/c1-24-20(23)17-14-18(29-12-10-27-8-6-25-4-2-21)16-19(15-17)30-13-11-28-9-7-26-5-3-22/h14-16,21-22H,2-13H2,1H3. The Morgan fingerprint density at radius 3 is 1.47 bits per heavy atom. The summed E-state index contributed by atoms with van der Waals surface area (Å²) in [6.45, 7) is 3.35. The van der Waals surface area contributed by atoms with Crippen LogP contribution in [0.1, 0.15) is 10.4 Å². The normalized spacial score (nSPS) is 10.8. The molecule has 1 aromatic carbocycles. The Morgan fingerprint density at radius 1 is 0.667 bits per heavy atom. The van der Waals surface area contributed by atoms with E-state index in [-0.39, 0.29) is 39.6 Å². The van der Waals surface area contributed by atoms with Gasteiger partial charge in [0.15, 0.2) is 0 Å². The molecule has 10 nitrogen and oxygen atoms in total. The smallest absolute Gasteiger partial charge is 0.338 e. The Morgan fingerprint density at radius 2 is 1.07 bits per heavy atom. The van der Waals surface area contributed by atoms with Crippen LogP contribution in [-0.2, 0) is 23.7 Å². The van der Waals surface area contributed by atoms with Gasteiger partial charge in [-0.3, -0.25) is 0 Å². The molecule has 0 heterocycles. The number of aliphatic hydroxyl groups is 2. The lowest BCUT2D eigenvalue weighted by Crippen LogP contribution is -2.13. The lowest BCUT2D eigenvalue weighted by atomic mass is 10.2. The second-order valence-electron chi connectivity index (χ2n) is 5.78. The third-order valence-electron chi connectivity index (χ3n) is 3.51. The van der Waals surface area contributed by atoms with Gasteiger partial charge in [-0.25, -0.2) is 4.79 Å². The fourth-order valence-electron chi connectivity index (χ4n) is 2.18. The SMILES string of the molecule is COC(=O)c1cc(OCCOCCOCCO)cc(OCCOCCOCCO)c1.